The SMILES string of the molecule is Cc1ccc(S(C)(=O)=O)cc1C(=O)N(CC(=O)O)Cc1ccccc1. The molecule has 0 fully saturated rings. The summed E-state index contributed by atoms with van der Waals surface area (Å²) in [5, 5.41) is 9.12. The average Bonchev–Trinajstić information content (AvgIpc) is 2.53. The van der Waals surface area contributed by atoms with Crippen molar-refractivity contribution in [3.63, 3.8) is 0 Å². The monoisotopic (exact) mass is 361 g/mol. The van der Waals surface area contributed by atoms with Crippen molar-refractivity contribution in [2.24, 2.45) is 0 Å². The van der Waals surface area contributed by atoms with Crippen molar-refractivity contribution in [2.75, 3.05) is 12.8 Å². The van der Waals surface area contributed by atoms with Gasteiger partial charge in [-0.3, -0.25) is 9.59 Å². The Morgan fingerprint density at radius 1 is 1.08 bits per heavy atom. The van der Waals surface area contributed by atoms with Crippen molar-refractivity contribution in [1.29, 1.82) is 0 Å². The number of hydrogen-bond acceptors (Lipinski definition) is 4. The summed E-state index contributed by atoms with van der Waals surface area (Å²) in [7, 11) is -3.47. The summed E-state index contributed by atoms with van der Waals surface area (Å²) in [5.74, 6) is -1.66. The summed E-state index contributed by atoms with van der Waals surface area (Å²) < 4.78 is 23.5. The lowest BCUT2D eigenvalue weighted by Crippen LogP contribution is -2.35. The number of aliphatic carboxylic acids is 1. The van der Waals surface area contributed by atoms with Crippen LogP contribution < -0.4 is 0 Å². The van der Waals surface area contributed by atoms with Gasteiger partial charge in [-0.05, 0) is 30.2 Å². The van der Waals surface area contributed by atoms with Gasteiger partial charge in [0.05, 0.1) is 4.90 Å². The highest BCUT2D eigenvalue weighted by Gasteiger charge is 2.22. The fourth-order valence-corrected chi connectivity index (χ4v) is 3.05. The maximum atomic E-state index is 12.9. The van der Waals surface area contributed by atoms with E-state index in [1.807, 2.05) is 6.07 Å². The van der Waals surface area contributed by atoms with E-state index in [1.165, 1.54) is 17.0 Å². The number of nitrogens with zero attached hydrogens (tertiary/aromatic N) is 1. The number of carbonyl (C=O) groups is 2. The molecule has 2 aromatic carbocycles. The minimum atomic E-state index is -3.47. The standard InChI is InChI=1S/C18H19NO5S/c1-13-8-9-15(25(2,23)24)10-16(13)18(22)19(12-17(20)21)11-14-6-4-3-5-7-14/h3-10H,11-12H2,1-2H3,(H,20,21). The molecular formula is C18H19NO5S. The van der Waals surface area contributed by atoms with Gasteiger partial charge in [0.2, 0.25) is 0 Å². The molecule has 1 amide bonds. The second-order valence-electron chi connectivity index (χ2n) is 5.79. The van der Waals surface area contributed by atoms with Gasteiger partial charge in [0, 0.05) is 18.4 Å². The van der Waals surface area contributed by atoms with E-state index < -0.39 is 28.3 Å². The second kappa shape index (κ2) is 7.48. The van der Waals surface area contributed by atoms with Crippen molar-refractivity contribution in [3.8, 4) is 0 Å². The van der Waals surface area contributed by atoms with Crippen LogP contribution >= 0.6 is 0 Å². The van der Waals surface area contributed by atoms with Gasteiger partial charge in [0.15, 0.2) is 9.84 Å². The molecule has 2 aromatic rings. The van der Waals surface area contributed by atoms with Crippen LogP contribution in [0.25, 0.3) is 0 Å². The average molecular weight is 361 g/mol. The molecule has 132 valence electrons. The van der Waals surface area contributed by atoms with Crippen LogP contribution in [0.2, 0.25) is 0 Å². The maximum absolute atomic E-state index is 12.9. The Morgan fingerprint density at radius 2 is 1.72 bits per heavy atom. The van der Waals surface area contributed by atoms with Crippen LogP contribution in [0, 0.1) is 6.92 Å². The molecule has 25 heavy (non-hydrogen) atoms. The predicted octanol–water partition coefficient (Wildman–Crippen LogP) is 2.13. The van der Waals surface area contributed by atoms with Crippen LogP contribution in [0.1, 0.15) is 21.5 Å². The maximum Gasteiger partial charge on any atom is 0.323 e. The Labute approximate surface area is 146 Å². The fraction of sp³-hybridized carbons (Fsp3) is 0.222. The normalized spacial score (nSPS) is 11.1. The molecule has 0 aliphatic rings. The van der Waals surface area contributed by atoms with E-state index in [2.05, 4.69) is 0 Å². The molecule has 7 heteroatoms. The first-order valence-corrected chi connectivity index (χ1v) is 9.43. The van der Waals surface area contributed by atoms with Crippen molar-refractivity contribution in [1.82, 2.24) is 4.90 Å². The van der Waals surface area contributed by atoms with Crippen LogP contribution in [-0.4, -0.2) is 43.1 Å². The Hall–Kier alpha value is -2.67. The molecule has 0 aromatic heterocycles. The largest absolute Gasteiger partial charge is 0.480 e. The summed E-state index contributed by atoms with van der Waals surface area (Å²) >= 11 is 0. The Balaban J connectivity index is 2.40. The van der Waals surface area contributed by atoms with E-state index in [9.17, 15) is 18.0 Å². The van der Waals surface area contributed by atoms with Crippen LogP contribution in [0.3, 0.4) is 0 Å². The first-order valence-electron chi connectivity index (χ1n) is 7.54. The van der Waals surface area contributed by atoms with Gasteiger partial charge in [-0.2, -0.15) is 0 Å². The quantitative estimate of drug-likeness (QED) is 0.851. The number of rotatable bonds is 6. The number of hydrogen-bond donors (Lipinski definition) is 1. The molecule has 6 nitrogen and oxygen atoms in total. The third-order valence-corrected chi connectivity index (χ3v) is 4.81. The molecule has 0 bridgehead atoms. The van der Waals surface area contributed by atoms with Gasteiger partial charge >= 0.3 is 5.97 Å². The van der Waals surface area contributed by atoms with E-state index in [4.69, 9.17) is 5.11 Å². The molecule has 0 spiro atoms. The third kappa shape index (κ3) is 4.90. The Morgan fingerprint density at radius 3 is 2.28 bits per heavy atom. The van der Waals surface area contributed by atoms with Gasteiger partial charge in [0.1, 0.15) is 6.54 Å². The lowest BCUT2D eigenvalue weighted by atomic mass is 10.1. The molecule has 0 saturated carbocycles. The van der Waals surface area contributed by atoms with Crippen LogP contribution in [0.4, 0.5) is 0 Å². The van der Waals surface area contributed by atoms with Crippen LogP contribution in [0.15, 0.2) is 53.4 Å². The molecule has 0 heterocycles. The molecule has 0 saturated heterocycles. The zero-order valence-corrected chi connectivity index (χ0v) is 14.8. The second-order valence-corrected chi connectivity index (χ2v) is 7.81. The molecule has 0 aliphatic carbocycles. The van der Waals surface area contributed by atoms with E-state index in [1.54, 1.807) is 37.3 Å². The number of carboxylic acids is 1. The number of benzene rings is 2. The minimum absolute atomic E-state index is 0.0245. The van der Waals surface area contributed by atoms with Gasteiger partial charge in [-0.15, -0.1) is 0 Å². The molecule has 0 aliphatic heterocycles. The molecule has 0 unspecified atom stereocenters. The lowest BCUT2D eigenvalue weighted by Gasteiger charge is -2.22. The zero-order chi connectivity index (χ0) is 18.6. The van der Waals surface area contributed by atoms with Crippen molar-refractivity contribution < 1.29 is 23.1 Å². The number of carbonyl (C=O) groups excluding carboxylic acids is 1. The number of carboxylic acid groups (broad SMARTS) is 1. The first-order chi connectivity index (χ1) is 11.7. The Bertz CT molecular complexity index is 891. The first kappa shape index (κ1) is 18.7. The van der Waals surface area contributed by atoms with Gasteiger partial charge in [-0.1, -0.05) is 36.4 Å². The zero-order valence-electron chi connectivity index (χ0n) is 14.0. The van der Waals surface area contributed by atoms with Crippen LogP contribution in [0.5, 0.6) is 0 Å². The number of amides is 1. The van der Waals surface area contributed by atoms with Crippen molar-refractivity contribution in [2.45, 2.75) is 18.4 Å². The Kier molecular flexibility index (Phi) is 5.58. The molecule has 1 N–H and O–H groups in total. The summed E-state index contributed by atoms with van der Waals surface area (Å²) in [6.45, 7) is 1.32. The van der Waals surface area contributed by atoms with Gasteiger partial charge < -0.3 is 10.0 Å². The van der Waals surface area contributed by atoms with Crippen molar-refractivity contribution in [3.05, 3.63) is 65.2 Å². The third-order valence-electron chi connectivity index (χ3n) is 3.70. The summed E-state index contributed by atoms with van der Waals surface area (Å²) in [6.07, 6.45) is 1.06. The predicted molar refractivity (Wildman–Crippen MR) is 93.1 cm³/mol. The number of sulfone groups is 1. The van der Waals surface area contributed by atoms with Crippen LogP contribution in [-0.2, 0) is 21.2 Å². The highest BCUT2D eigenvalue weighted by Crippen LogP contribution is 2.18. The topological polar surface area (TPSA) is 91.8 Å². The smallest absolute Gasteiger partial charge is 0.323 e. The highest BCUT2D eigenvalue weighted by molar-refractivity contribution is 7.90. The number of aryl methyl sites for hydroxylation is 1. The molecule has 2 rings (SSSR count). The van der Waals surface area contributed by atoms with Gasteiger partial charge in [-0.25, -0.2) is 8.42 Å². The molecule has 0 atom stereocenters. The van der Waals surface area contributed by atoms with Gasteiger partial charge in [0.25, 0.3) is 5.91 Å². The fourth-order valence-electron chi connectivity index (χ4n) is 2.40. The summed E-state index contributed by atoms with van der Waals surface area (Å²) in [6, 6.07) is 13.3. The summed E-state index contributed by atoms with van der Waals surface area (Å²) in [5.41, 5.74) is 1.55. The van der Waals surface area contributed by atoms with Crippen molar-refractivity contribution >= 4 is 21.7 Å². The van der Waals surface area contributed by atoms with E-state index in [-0.39, 0.29) is 17.0 Å². The highest BCUT2D eigenvalue weighted by atomic mass is 32.2. The van der Waals surface area contributed by atoms with E-state index >= 15 is 0 Å². The molecule has 0 radical (unpaired) electrons. The molecular weight excluding hydrogens is 342 g/mol. The van der Waals surface area contributed by atoms with E-state index in [0.29, 0.717) is 5.56 Å². The van der Waals surface area contributed by atoms with E-state index in [0.717, 1.165) is 11.8 Å². The minimum Gasteiger partial charge on any atom is -0.480 e. The summed E-state index contributed by atoms with van der Waals surface area (Å²) in [4.78, 5) is 25.2. The lowest BCUT2D eigenvalue weighted by molar-refractivity contribution is -0.137.